The molecule has 1 fully saturated rings. The van der Waals surface area contributed by atoms with Gasteiger partial charge < -0.3 is 4.74 Å². The van der Waals surface area contributed by atoms with Crippen molar-refractivity contribution in [3.8, 4) is 5.75 Å². The number of anilines is 1. The second kappa shape index (κ2) is 8.97. The van der Waals surface area contributed by atoms with Gasteiger partial charge in [-0.05, 0) is 53.6 Å². The Labute approximate surface area is 180 Å². The number of ether oxygens (including phenoxy) is 1. The molecule has 0 unspecified atom stereocenters. The van der Waals surface area contributed by atoms with E-state index in [9.17, 15) is 14.4 Å². The van der Waals surface area contributed by atoms with Gasteiger partial charge in [0.05, 0.1) is 18.7 Å². The van der Waals surface area contributed by atoms with Gasteiger partial charge in [-0.1, -0.05) is 37.3 Å². The average Bonchev–Trinajstić information content (AvgIpc) is 3.09. The van der Waals surface area contributed by atoms with Crippen LogP contribution in [0.5, 0.6) is 5.75 Å². The predicted octanol–water partition coefficient (Wildman–Crippen LogP) is 3.20. The fourth-order valence-electron chi connectivity index (χ4n) is 3.48. The highest BCUT2D eigenvalue weighted by Gasteiger charge is 2.39. The summed E-state index contributed by atoms with van der Waals surface area (Å²) in [7, 11) is 0. The van der Waals surface area contributed by atoms with Crippen LogP contribution in [0.4, 0.5) is 5.69 Å². The van der Waals surface area contributed by atoms with Crippen molar-refractivity contribution < 1.29 is 19.1 Å². The van der Waals surface area contributed by atoms with Crippen molar-refractivity contribution in [2.24, 2.45) is 0 Å². The number of benzene rings is 3. The summed E-state index contributed by atoms with van der Waals surface area (Å²) < 4.78 is 5.50. The number of hydrazine groups is 1. The molecule has 1 saturated heterocycles. The highest BCUT2D eigenvalue weighted by atomic mass is 16.5. The maximum atomic E-state index is 12.8. The van der Waals surface area contributed by atoms with Crippen molar-refractivity contribution in [3.63, 3.8) is 0 Å². The zero-order chi connectivity index (χ0) is 21.8. The molecule has 0 aliphatic carbocycles. The van der Waals surface area contributed by atoms with E-state index in [-0.39, 0.29) is 12.3 Å². The molecule has 1 aliphatic heterocycles. The van der Waals surface area contributed by atoms with Crippen molar-refractivity contribution in [2.75, 3.05) is 11.5 Å². The van der Waals surface area contributed by atoms with Crippen LogP contribution in [0.15, 0.2) is 66.7 Å². The molecule has 3 aromatic carbocycles. The molecule has 3 amide bonds. The van der Waals surface area contributed by atoms with Crippen LogP contribution in [-0.4, -0.2) is 30.4 Å². The summed E-state index contributed by atoms with van der Waals surface area (Å²) >= 11 is 0. The smallest absolute Gasteiger partial charge is 0.265 e. The molecule has 4 rings (SSSR count). The van der Waals surface area contributed by atoms with E-state index in [1.807, 2.05) is 43.3 Å². The van der Waals surface area contributed by atoms with Crippen molar-refractivity contribution in [1.82, 2.24) is 10.9 Å². The molecule has 1 aliphatic rings. The molecule has 3 aromatic rings. The number of fused-ring (bicyclic) bond motifs is 1. The van der Waals surface area contributed by atoms with Gasteiger partial charge in [0.1, 0.15) is 11.8 Å². The number of amides is 3. The Morgan fingerprint density at radius 3 is 2.52 bits per heavy atom. The Hall–Kier alpha value is -3.71. The molecule has 0 saturated carbocycles. The SMILES string of the molecule is CCCOc1ccc(C(=O)NN[C@H]2CC(=O)N(c3ccc4ccccc4c3)C2=O)cc1. The Kier molecular flexibility index (Phi) is 5.95. The molecule has 0 aromatic heterocycles. The van der Waals surface area contributed by atoms with Crippen LogP contribution in [0.3, 0.4) is 0 Å². The van der Waals surface area contributed by atoms with E-state index in [0.717, 1.165) is 22.1 Å². The monoisotopic (exact) mass is 417 g/mol. The number of rotatable bonds is 7. The quantitative estimate of drug-likeness (QED) is 0.455. The number of carbonyl (C=O) groups excluding carboxylic acids is 3. The minimum atomic E-state index is -0.824. The van der Waals surface area contributed by atoms with Crippen LogP contribution in [0, 0.1) is 0 Å². The second-order valence-electron chi connectivity index (χ2n) is 7.33. The number of hydrogen-bond acceptors (Lipinski definition) is 5. The minimum absolute atomic E-state index is 0.0320. The number of nitrogens with one attached hydrogen (secondary N) is 2. The van der Waals surface area contributed by atoms with Gasteiger partial charge in [0.15, 0.2) is 0 Å². The van der Waals surface area contributed by atoms with Gasteiger partial charge >= 0.3 is 0 Å². The fourth-order valence-corrected chi connectivity index (χ4v) is 3.48. The van der Waals surface area contributed by atoms with E-state index in [2.05, 4.69) is 10.9 Å². The fraction of sp³-hybridized carbons (Fsp3) is 0.208. The standard InChI is InChI=1S/C24H23N3O4/c1-2-13-31-20-11-8-17(9-12-20)23(29)26-25-21-15-22(28)27(24(21)30)19-10-7-16-5-3-4-6-18(16)14-19/h3-12,14,21,25H,2,13,15H2,1H3,(H,26,29)/t21-/m0/s1. The molecule has 2 N–H and O–H groups in total. The van der Waals surface area contributed by atoms with E-state index in [0.29, 0.717) is 23.6 Å². The Morgan fingerprint density at radius 2 is 1.77 bits per heavy atom. The van der Waals surface area contributed by atoms with Gasteiger partial charge in [-0.25, -0.2) is 10.3 Å². The van der Waals surface area contributed by atoms with Crippen molar-refractivity contribution >= 4 is 34.2 Å². The molecule has 158 valence electrons. The zero-order valence-corrected chi connectivity index (χ0v) is 17.1. The van der Waals surface area contributed by atoms with Crippen LogP contribution in [0.25, 0.3) is 10.8 Å². The van der Waals surface area contributed by atoms with E-state index in [1.54, 1.807) is 30.3 Å². The summed E-state index contributed by atoms with van der Waals surface area (Å²) in [5.74, 6) is -0.422. The number of hydrogen-bond donors (Lipinski definition) is 2. The van der Waals surface area contributed by atoms with Gasteiger partial charge in [0.25, 0.3) is 11.8 Å². The summed E-state index contributed by atoms with van der Waals surface area (Å²) in [4.78, 5) is 38.9. The van der Waals surface area contributed by atoms with Crippen LogP contribution in [-0.2, 0) is 9.59 Å². The highest BCUT2D eigenvalue weighted by molar-refractivity contribution is 6.22. The normalized spacial score (nSPS) is 16.0. The Bertz CT molecular complexity index is 1130. The van der Waals surface area contributed by atoms with Crippen LogP contribution in [0.1, 0.15) is 30.1 Å². The van der Waals surface area contributed by atoms with E-state index < -0.39 is 17.9 Å². The molecule has 1 atom stereocenters. The first-order valence-corrected chi connectivity index (χ1v) is 10.2. The summed E-state index contributed by atoms with van der Waals surface area (Å²) in [6, 6.07) is 19.1. The van der Waals surface area contributed by atoms with Crippen LogP contribution in [0.2, 0.25) is 0 Å². The second-order valence-corrected chi connectivity index (χ2v) is 7.33. The average molecular weight is 417 g/mol. The minimum Gasteiger partial charge on any atom is -0.494 e. The van der Waals surface area contributed by atoms with Gasteiger partial charge in [-0.15, -0.1) is 0 Å². The van der Waals surface area contributed by atoms with Gasteiger partial charge in [-0.3, -0.25) is 19.8 Å². The lowest BCUT2D eigenvalue weighted by atomic mass is 10.1. The lowest BCUT2D eigenvalue weighted by Crippen LogP contribution is -2.48. The molecule has 31 heavy (non-hydrogen) atoms. The zero-order valence-electron chi connectivity index (χ0n) is 17.1. The lowest BCUT2D eigenvalue weighted by Gasteiger charge is -2.16. The molecule has 0 spiro atoms. The summed E-state index contributed by atoms with van der Waals surface area (Å²) in [5.41, 5.74) is 6.17. The van der Waals surface area contributed by atoms with Gasteiger partial charge in [-0.2, -0.15) is 0 Å². The largest absolute Gasteiger partial charge is 0.494 e. The molecule has 7 heteroatoms. The first kappa shape index (κ1) is 20.6. The number of carbonyl (C=O) groups is 3. The summed E-state index contributed by atoms with van der Waals surface area (Å²) in [6.45, 7) is 2.63. The van der Waals surface area contributed by atoms with Crippen LogP contribution < -0.4 is 20.5 Å². The van der Waals surface area contributed by atoms with Gasteiger partial charge in [0, 0.05) is 5.56 Å². The van der Waals surface area contributed by atoms with Crippen LogP contribution >= 0.6 is 0 Å². The predicted molar refractivity (Wildman–Crippen MR) is 118 cm³/mol. The topological polar surface area (TPSA) is 87.7 Å². The highest BCUT2D eigenvalue weighted by Crippen LogP contribution is 2.26. The Morgan fingerprint density at radius 1 is 1.03 bits per heavy atom. The summed E-state index contributed by atoms with van der Waals surface area (Å²) in [5, 5.41) is 1.97. The van der Waals surface area contributed by atoms with Gasteiger partial charge in [0.2, 0.25) is 5.91 Å². The molecule has 1 heterocycles. The maximum absolute atomic E-state index is 12.8. The molecular weight excluding hydrogens is 394 g/mol. The summed E-state index contributed by atoms with van der Waals surface area (Å²) in [6.07, 6.45) is 0.867. The molecular formula is C24H23N3O4. The van der Waals surface area contributed by atoms with E-state index in [4.69, 9.17) is 4.74 Å². The van der Waals surface area contributed by atoms with Crippen molar-refractivity contribution in [1.29, 1.82) is 0 Å². The van der Waals surface area contributed by atoms with Crippen molar-refractivity contribution in [2.45, 2.75) is 25.8 Å². The first-order chi connectivity index (χ1) is 15.1. The van der Waals surface area contributed by atoms with Crippen molar-refractivity contribution in [3.05, 3.63) is 72.3 Å². The number of nitrogens with zero attached hydrogens (tertiary/aromatic N) is 1. The molecule has 0 radical (unpaired) electrons. The van der Waals surface area contributed by atoms with E-state index in [1.165, 1.54) is 0 Å². The molecule has 0 bridgehead atoms. The Balaban J connectivity index is 1.40. The molecule has 7 nitrogen and oxygen atoms in total. The third kappa shape index (κ3) is 4.41. The lowest BCUT2D eigenvalue weighted by molar-refractivity contribution is -0.121. The maximum Gasteiger partial charge on any atom is 0.265 e. The van der Waals surface area contributed by atoms with E-state index >= 15 is 0 Å². The third-order valence-corrected chi connectivity index (χ3v) is 5.09. The number of imide groups is 1. The third-order valence-electron chi connectivity index (χ3n) is 5.09. The first-order valence-electron chi connectivity index (χ1n) is 10.2.